The topological polar surface area (TPSA) is 0 Å². The van der Waals surface area contributed by atoms with Crippen molar-refractivity contribution >= 4 is 10.8 Å². The van der Waals surface area contributed by atoms with Crippen molar-refractivity contribution in [1.82, 2.24) is 0 Å². The molecule has 0 unspecified atom stereocenters. The number of hydrogen-bond acceptors (Lipinski definition) is 0. The van der Waals surface area contributed by atoms with Crippen molar-refractivity contribution in [3.05, 3.63) is 154 Å². The van der Waals surface area contributed by atoms with Crippen LogP contribution in [0.1, 0.15) is 51.3 Å². The summed E-state index contributed by atoms with van der Waals surface area (Å²) in [6, 6.07) is 43.1. The zero-order valence-electron chi connectivity index (χ0n) is 18.0. The molecule has 0 heterocycles. The molecule has 2 bridgehead atoms. The summed E-state index contributed by atoms with van der Waals surface area (Å²) in [7, 11) is 0. The number of aryl methyl sites for hydroxylation is 1. The normalized spacial score (nSPS) is 19.9. The van der Waals surface area contributed by atoms with Crippen LogP contribution in [0.25, 0.3) is 10.8 Å². The Bertz CT molecular complexity index is 1370. The van der Waals surface area contributed by atoms with Crippen LogP contribution in [0.5, 0.6) is 0 Å². The molecule has 8 rings (SSSR count). The number of fused-ring (bicyclic) bond motifs is 1. The monoisotopic (exact) mass is 408 g/mol. The molecule has 0 radical (unpaired) electrons. The van der Waals surface area contributed by atoms with Gasteiger partial charge in [0.2, 0.25) is 0 Å². The molecule has 0 spiro atoms. The third-order valence-corrected chi connectivity index (χ3v) is 7.84. The molecular weight excluding hydrogens is 384 g/mol. The Morgan fingerprint density at radius 3 is 1.62 bits per heavy atom. The van der Waals surface area contributed by atoms with Crippen molar-refractivity contribution < 1.29 is 0 Å². The van der Waals surface area contributed by atoms with Crippen molar-refractivity contribution in [1.29, 1.82) is 0 Å². The molecule has 5 aromatic carbocycles. The second-order valence-electron chi connectivity index (χ2n) is 9.24. The zero-order chi connectivity index (χ0) is 21.1. The lowest BCUT2D eigenvalue weighted by molar-refractivity contribution is 0.504. The molecule has 0 aromatic heterocycles. The van der Waals surface area contributed by atoms with Crippen molar-refractivity contribution in [3.8, 4) is 0 Å². The Labute approximate surface area is 189 Å². The molecule has 0 nitrogen and oxygen atoms in total. The SMILES string of the molecule is c1ccc2c(c1)C1c3ccccc3C2(CCc2cccc3ccccc23)c2ccccc21. The van der Waals surface area contributed by atoms with E-state index in [1.54, 1.807) is 0 Å². The van der Waals surface area contributed by atoms with Crippen LogP contribution < -0.4 is 0 Å². The molecule has 0 fully saturated rings. The standard InChI is InChI=1S/C32H24/c1-2-13-24-22(10-1)11-9-12-23(24)20-21-32-28-17-6-3-14-25(28)31(26-15-4-7-18-29(26)32)27-16-5-8-19-30(27)32/h1-19,31H,20-21H2. The molecule has 152 valence electrons. The average molecular weight is 409 g/mol. The van der Waals surface area contributed by atoms with E-state index in [1.807, 2.05) is 0 Å². The second-order valence-corrected chi connectivity index (χ2v) is 9.24. The summed E-state index contributed by atoms with van der Waals surface area (Å²) in [6.07, 6.45) is 2.11. The van der Waals surface area contributed by atoms with E-state index in [1.165, 1.54) is 49.7 Å². The number of rotatable bonds is 3. The highest BCUT2D eigenvalue weighted by Crippen LogP contribution is 2.60. The molecule has 0 saturated heterocycles. The summed E-state index contributed by atoms with van der Waals surface area (Å²) in [6.45, 7) is 0. The van der Waals surface area contributed by atoms with E-state index in [2.05, 4.69) is 115 Å². The van der Waals surface area contributed by atoms with Gasteiger partial charge in [-0.25, -0.2) is 0 Å². The third kappa shape index (κ3) is 2.27. The van der Waals surface area contributed by atoms with Gasteiger partial charge in [-0.2, -0.15) is 0 Å². The van der Waals surface area contributed by atoms with Gasteiger partial charge in [-0.05, 0) is 62.6 Å². The minimum atomic E-state index is -0.102. The predicted molar refractivity (Wildman–Crippen MR) is 132 cm³/mol. The highest BCUT2D eigenvalue weighted by atomic mass is 14.5. The molecule has 3 aliphatic carbocycles. The summed E-state index contributed by atoms with van der Waals surface area (Å²) in [4.78, 5) is 0. The first-order valence-electron chi connectivity index (χ1n) is 11.6. The van der Waals surface area contributed by atoms with Crippen LogP contribution in [-0.4, -0.2) is 0 Å². The number of hydrogen-bond donors (Lipinski definition) is 0. The second kappa shape index (κ2) is 6.68. The van der Waals surface area contributed by atoms with Crippen molar-refractivity contribution in [2.45, 2.75) is 24.2 Å². The first kappa shape index (κ1) is 18.0. The molecule has 0 saturated carbocycles. The lowest BCUT2D eigenvalue weighted by Gasteiger charge is -2.51. The van der Waals surface area contributed by atoms with Gasteiger partial charge in [0.25, 0.3) is 0 Å². The minimum Gasteiger partial charge on any atom is -0.0619 e. The summed E-state index contributed by atoms with van der Waals surface area (Å²) in [5.41, 5.74) is 10.3. The third-order valence-electron chi connectivity index (χ3n) is 7.84. The van der Waals surface area contributed by atoms with Crippen LogP contribution in [0.2, 0.25) is 0 Å². The maximum atomic E-state index is 2.39. The fraction of sp³-hybridized carbons (Fsp3) is 0.125. The quantitative estimate of drug-likeness (QED) is 0.288. The van der Waals surface area contributed by atoms with E-state index in [0.29, 0.717) is 5.92 Å². The van der Waals surface area contributed by atoms with Gasteiger partial charge in [0.1, 0.15) is 0 Å². The van der Waals surface area contributed by atoms with Crippen LogP contribution in [0.3, 0.4) is 0 Å². The largest absolute Gasteiger partial charge is 0.0619 e. The molecule has 0 atom stereocenters. The van der Waals surface area contributed by atoms with E-state index in [9.17, 15) is 0 Å². The molecule has 0 N–H and O–H groups in total. The van der Waals surface area contributed by atoms with Crippen molar-refractivity contribution in [2.75, 3.05) is 0 Å². The van der Waals surface area contributed by atoms with Gasteiger partial charge in [0, 0.05) is 11.3 Å². The van der Waals surface area contributed by atoms with Gasteiger partial charge in [0.15, 0.2) is 0 Å². The summed E-state index contributed by atoms with van der Waals surface area (Å²) in [5, 5.41) is 2.71. The maximum Gasteiger partial charge on any atom is 0.0463 e. The number of benzene rings is 5. The molecule has 0 aliphatic heterocycles. The minimum absolute atomic E-state index is 0.102. The Balaban J connectivity index is 1.48. The van der Waals surface area contributed by atoms with Crippen LogP contribution in [0.15, 0.2) is 115 Å². The van der Waals surface area contributed by atoms with E-state index < -0.39 is 0 Å². The van der Waals surface area contributed by atoms with Crippen LogP contribution in [0, 0.1) is 0 Å². The first-order valence-corrected chi connectivity index (χ1v) is 11.6. The summed E-state index contributed by atoms with van der Waals surface area (Å²) >= 11 is 0. The average Bonchev–Trinajstić information content (AvgIpc) is 2.87. The van der Waals surface area contributed by atoms with Crippen molar-refractivity contribution in [3.63, 3.8) is 0 Å². The zero-order valence-corrected chi connectivity index (χ0v) is 18.0. The Kier molecular flexibility index (Phi) is 3.75. The first-order chi connectivity index (χ1) is 15.9. The fourth-order valence-electron chi connectivity index (χ4n) is 6.59. The Hall–Kier alpha value is -3.64. The smallest absolute Gasteiger partial charge is 0.0463 e. The van der Waals surface area contributed by atoms with Gasteiger partial charge in [0.05, 0.1) is 0 Å². The Morgan fingerprint density at radius 1 is 0.500 bits per heavy atom. The van der Waals surface area contributed by atoms with E-state index in [0.717, 1.165) is 12.8 Å². The predicted octanol–water partition coefficient (Wildman–Crippen LogP) is 7.61. The van der Waals surface area contributed by atoms with Gasteiger partial charge in [-0.3, -0.25) is 0 Å². The van der Waals surface area contributed by atoms with Gasteiger partial charge in [-0.15, -0.1) is 0 Å². The van der Waals surface area contributed by atoms with Crippen LogP contribution in [-0.2, 0) is 11.8 Å². The maximum absolute atomic E-state index is 2.39. The van der Waals surface area contributed by atoms with E-state index in [-0.39, 0.29) is 5.41 Å². The fourth-order valence-corrected chi connectivity index (χ4v) is 6.59. The molecule has 0 heteroatoms. The molecule has 32 heavy (non-hydrogen) atoms. The highest BCUT2D eigenvalue weighted by Gasteiger charge is 2.50. The molecule has 5 aromatic rings. The van der Waals surface area contributed by atoms with Gasteiger partial charge >= 0.3 is 0 Å². The van der Waals surface area contributed by atoms with Gasteiger partial charge in [-0.1, -0.05) is 115 Å². The molecule has 0 amide bonds. The molecular formula is C32H24. The van der Waals surface area contributed by atoms with E-state index in [4.69, 9.17) is 0 Å². The molecule has 3 aliphatic rings. The van der Waals surface area contributed by atoms with E-state index >= 15 is 0 Å². The van der Waals surface area contributed by atoms with Gasteiger partial charge < -0.3 is 0 Å². The lowest BCUT2D eigenvalue weighted by atomic mass is 9.51. The lowest BCUT2D eigenvalue weighted by Crippen LogP contribution is -2.42. The van der Waals surface area contributed by atoms with Crippen LogP contribution >= 0.6 is 0 Å². The summed E-state index contributed by atoms with van der Waals surface area (Å²) in [5.74, 6) is 0.345. The summed E-state index contributed by atoms with van der Waals surface area (Å²) < 4.78 is 0. The van der Waals surface area contributed by atoms with Crippen molar-refractivity contribution in [2.24, 2.45) is 0 Å². The Morgan fingerprint density at radius 2 is 1.00 bits per heavy atom. The van der Waals surface area contributed by atoms with Crippen LogP contribution in [0.4, 0.5) is 0 Å². The highest BCUT2D eigenvalue weighted by molar-refractivity contribution is 5.85.